The molecule has 1 saturated carbocycles. The van der Waals surface area contributed by atoms with Crippen LogP contribution in [0.3, 0.4) is 0 Å². The van der Waals surface area contributed by atoms with E-state index in [9.17, 15) is 24.6 Å². The van der Waals surface area contributed by atoms with Crippen LogP contribution in [-0.4, -0.2) is 59.9 Å². The highest BCUT2D eigenvalue weighted by Gasteiger charge is 2.40. The quantitative estimate of drug-likeness (QED) is 0.0560. The number of aromatic nitrogens is 1. The molecule has 0 bridgehead atoms. The summed E-state index contributed by atoms with van der Waals surface area (Å²) in [6.07, 6.45) is 3.33. The fourth-order valence-corrected chi connectivity index (χ4v) is 10.1. The van der Waals surface area contributed by atoms with Gasteiger partial charge in [0.2, 0.25) is 5.56 Å². The number of carbonyl (C=O) groups is 2. The molecule has 0 radical (unpaired) electrons. The molecule has 1 aliphatic carbocycles. The van der Waals surface area contributed by atoms with Crippen LogP contribution in [0.15, 0.2) is 126 Å². The molecular weight excluding hydrogens is 897 g/mol. The van der Waals surface area contributed by atoms with Crippen molar-refractivity contribution in [3.8, 4) is 28.4 Å². The van der Waals surface area contributed by atoms with Gasteiger partial charge in [-0.25, -0.2) is 9.59 Å². The fourth-order valence-electron chi connectivity index (χ4n) is 8.87. The summed E-state index contributed by atoms with van der Waals surface area (Å²) >= 11 is 0. The van der Waals surface area contributed by atoms with E-state index in [-0.39, 0.29) is 34.5 Å². The number of amides is 2. The molecule has 1 aliphatic rings. The average Bonchev–Trinajstić information content (AvgIpc) is 3.30. The fraction of sp³-hybridized carbons (Fsp3) is 0.386. The zero-order valence-electron chi connectivity index (χ0n) is 41.9. The largest absolute Gasteiger partial charge is 0.506 e. The summed E-state index contributed by atoms with van der Waals surface area (Å²) in [5, 5.41) is 28.6. The van der Waals surface area contributed by atoms with E-state index in [1.165, 1.54) is 11.6 Å². The zero-order chi connectivity index (χ0) is 50.2. The van der Waals surface area contributed by atoms with E-state index in [0.717, 1.165) is 64.0 Å². The summed E-state index contributed by atoms with van der Waals surface area (Å²) in [5.74, 6) is 1.50. The van der Waals surface area contributed by atoms with Crippen LogP contribution in [0.5, 0.6) is 17.2 Å². The molecule has 5 aromatic carbocycles. The molecule has 1 heterocycles. The Hall–Kier alpha value is -6.41. The second kappa shape index (κ2) is 22.1. The minimum Gasteiger partial charge on any atom is -0.506 e. The molecule has 1 atom stereocenters. The lowest BCUT2D eigenvalue weighted by molar-refractivity contribution is 0.0490. The molecule has 6 aromatic rings. The predicted molar refractivity (Wildman–Crippen MR) is 282 cm³/mol. The molecule has 7 rings (SSSR count). The molecule has 1 unspecified atom stereocenters. The third kappa shape index (κ3) is 13.5. The number of anilines is 1. The van der Waals surface area contributed by atoms with Gasteiger partial charge in [-0.05, 0) is 154 Å². The number of aromatic amines is 1. The molecule has 1 fully saturated rings. The van der Waals surface area contributed by atoms with Gasteiger partial charge in [0, 0.05) is 42.2 Å². The first kappa shape index (κ1) is 51.4. The Balaban J connectivity index is 0.942. The summed E-state index contributed by atoms with van der Waals surface area (Å²) in [6, 6.07) is 38.8. The highest BCUT2D eigenvalue weighted by Crippen LogP contribution is 2.42. The Morgan fingerprint density at radius 2 is 1.41 bits per heavy atom. The van der Waals surface area contributed by atoms with Crippen LogP contribution < -0.4 is 25.8 Å². The van der Waals surface area contributed by atoms with Crippen molar-refractivity contribution in [1.29, 1.82) is 0 Å². The van der Waals surface area contributed by atoms with E-state index in [0.29, 0.717) is 50.0 Å². The average molecular weight is 967 g/mol. The first-order valence-corrected chi connectivity index (χ1v) is 27.4. The van der Waals surface area contributed by atoms with Gasteiger partial charge in [-0.1, -0.05) is 93.6 Å². The second-order valence-electron chi connectivity index (χ2n) is 21.0. The van der Waals surface area contributed by atoms with Crippen molar-refractivity contribution in [2.75, 3.05) is 11.4 Å². The number of benzene rings is 5. The van der Waals surface area contributed by atoms with E-state index in [1.807, 2.05) is 99.6 Å². The van der Waals surface area contributed by atoms with Crippen molar-refractivity contribution in [3.05, 3.63) is 154 Å². The first-order valence-electron chi connectivity index (χ1n) is 24.5. The van der Waals surface area contributed by atoms with Crippen molar-refractivity contribution < 1.29 is 33.7 Å². The zero-order valence-corrected chi connectivity index (χ0v) is 42.9. The summed E-state index contributed by atoms with van der Waals surface area (Å²) in [4.78, 5) is 42.0. The smallest absolute Gasteiger partial charge is 0.412 e. The third-order valence-electron chi connectivity index (χ3n) is 13.6. The highest BCUT2D eigenvalue weighted by atomic mass is 28.4. The summed E-state index contributed by atoms with van der Waals surface area (Å²) < 4.78 is 18.7. The van der Waals surface area contributed by atoms with Crippen LogP contribution >= 0.6 is 0 Å². The molecular formula is C57H70N4O8Si. The Labute approximate surface area is 413 Å². The molecule has 12 nitrogen and oxygen atoms in total. The molecule has 5 N–H and O–H groups in total. The summed E-state index contributed by atoms with van der Waals surface area (Å²) in [6.45, 7) is 17.7. The number of phenols is 1. The van der Waals surface area contributed by atoms with Gasteiger partial charge < -0.3 is 39.7 Å². The molecule has 70 heavy (non-hydrogen) atoms. The van der Waals surface area contributed by atoms with Crippen LogP contribution in [0.4, 0.5) is 15.3 Å². The molecule has 0 aliphatic heterocycles. The number of hydrogen-bond acceptors (Lipinski definition) is 8. The van der Waals surface area contributed by atoms with E-state index in [1.54, 1.807) is 17.0 Å². The van der Waals surface area contributed by atoms with Crippen LogP contribution in [0, 0.1) is 0 Å². The number of carboxylic acid groups (broad SMARTS) is 1. The van der Waals surface area contributed by atoms with Crippen molar-refractivity contribution in [1.82, 2.24) is 15.6 Å². The number of phenolic OH excluding ortho intramolecular Hbond substituents is 1. The third-order valence-corrected chi connectivity index (χ3v) is 18.1. The van der Waals surface area contributed by atoms with Gasteiger partial charge in [0.05, 0.1) is 17.3 Å². The first-order chi connectivity index (χ1) is 33.2. The number of H-pyrrole nitrogens is 1. The van der Waals surface area contributed by atoms with Gasteiger partial charge in [-0.3, -0.25) is 9.69 Å². The van der Waals surface area contributed by atoms with Gasteiger partial charge >= 0.3 is 12.2 Å². The van der Waals surface area contributed by atoms with E-state index in [2.05, 4.69) is 73.7 Å². The number of rotatable bonds is 17. The van der Waals surface area contributed by atoms with Gasteiger partial charge in [-0.15, -0.1) is 0 Å². The maximum Gasteiger partial charge on any atom is 0.412 e. The molecule has 1 aromatic heterocycles. The molecule has 2 amide bonds. The van der Waals surface area contributed by atoms with Crippen molar-refractivity contribution in [2.24, 2.45) is 0 Å². The summed E-state index contributed by atoms with van der Waals surface area (Å²) in [5.41, 5.74) is 6.32. The second-order valence-corrected chi connectivity index (χ2v) is 25.8. The van der Waals surface area contributed by atoms with Crippen LogP contribution in [0.25, 0.3) is 22.0 Å². The Morgan fingerprint density at radius 1 is 0.786 bits per heavy atom. The van der Waals surface area contributed by atoms with Crippen molar-refractivity contribution >= 4 is 37.1 Å². The molecule has 0 spiro atoms. The topological polar surface area (TPSA) is 162 Å². The number of hydrogen-bond donors (Lipinski definition) is 5. The van der Waals surface area contributed by atoms with Crippen molar-refractivity contribution in [3.63, 3.8) is 0 Å². The minimum atomic E-state index is -2.21. The number of fused-ring (bicyclic) bond motifs is 1. The molecule has 0 saturated heterocycles. The van der Waals surface area contributed by atoms with Crippen molar-refractivity contribution in [2.45, 2.75) is 135 Å². The SMILES string of the molecule is CC(C)(C)OC(=O)NC1CCC(N(C(=O)O)c2cc(CCCc3ccc(Oc4ccc(CNCC(O[Si](C)(C)C(C)(C)C)c5ccc(O)c6[nH]c(=O)ccc56)cc4)cc3)ccc2-c2ccccc2)CC1. The number of carbonyl (C=O) groups excluding carboxylic acids is 1. The van der Waals surface area contributed by atoms with E-state index in [4.69, 9.17) is 13.9 Å². The Morgan fingerprint density at radius 3 is 2.04 bits per heavy atom. The number of aromatic hydroxyl groups is 1. The monoisotopic (exact) mass is 966 g/mol. The van der Waals surface area contributed by atoms with Gasteiger partial charge in [0.25, 0.3) is 0 Å². The number of ether oxygens (including phenoxy) is 2. The standard InChI is InChI=1S/C57H70N4O8Si/c1-56(2,3)68-54(64)59-42-22-24-43(25-23-42)61(55(65)66)49-35-39(21-30-46(49)41-15-10-9-11-16-41)14-12-13-38-17-26-44(27-18-38)67-45-28-19-40(20-29-45)36-58-37-51(69-70(7,8)57(4,5)6)47-31-33-50(62)53-48(47)32-34-52(63)60-53/h9-11,15-21,26-35,42-43,51,58,62H,12-14,22-25,36-37H2,1-8H3,(H,59,64)(H,60,63)(H,65,66). The van der Waals surface area contributed by atoms with Gasteiger partial charge in [-0.2, -0.15) is 0 Å². The van der Waals surface area contributed by atoms with Crippen LogP contribution in [-0.2, 0) is 28.5 Å². The lowest BCUT2D eigenvalue weighted by Crippen LogP contribution is -2.47. The van der Waals surface area contributed by atoms with E-state index < -0.39 is 26.1 Å². The number of pyridine rings is 1. The van der Waals surface area contributed by atoms with Crippen LogP contribution in [0.2, 0.25) is 18.1 Å². The molecule has 13 heteroatoms. The predicted octanol–water partition coefficient (Wildman–Crippen LogP) is 13.0. The maximum atomic E-state index is 13.1. The number of aryl methyl sites for hydroxylation is 2. The Kier molecular flexibility index (Phi) is 16.3. The van der Waals surface area contributed by atoms with Gasteiger partial charge in [0.1, 0.15) is 22.8 Å². The highest BCUT2D eigenvalue weighted by molar-refractivity contribution is 6.74. The lowest BCUT2D eigenvalue weighted by Gasteiger charge is -2.39. The number of nitrogens with one attached hydrogen (secondary N) is 3. The van der Waals surface area contributed by atoms with Crippen LogP contribution in [0.1, 0.15) is 102 Å². The molecule has 370 valence electrons. The maximum absolute atomic E-state index is 13.1. The minimum absolute atomic E-state index is 0.0203. The van der Waals surface area contributed by atoms with Gasteiger partial charge in [0.15, 0.2) is 8.32 Å². The Bertz CT molecular complexity index is 2770. The number of alkyl carbamates (subject to hydrolysis) is 1. The lowest BCUT2D eigenvalue weighted by atomic mass is 9.89. The number of nitrogens with zero attached hydrogens (tertiary/aromatic N) is 1. The summed E-state index contributed by atoms with van der Waals surface area (Å²) in [7, 11) is -2.21. The van der Waals surface area contributed by atoms with E-state index >= 15 is 0 Å². The normalized spacial score (nSPS) is 15.8.